The normalized spacial score (nSPS) is 14.0. The van der Waals surface area contributed by atoms with Crippen LogP contribution in [0, 0.1) is 11.6 Å². The van der Waals surface area contributed by atoms with Crippen LogP contribution in [0.25, 0.3) is 22.0 Å². The number of aryl methyl sites for hydroxylation is 2. The molecular weight excluding hydrogens is 781 g/mol. The molecule has 1 amide bonds. The Labute approximate surface area is 335 Å². The fourth-order valence-corrected chi connectivity index (χ4v) is 6.72. The van der Waals surface area contributed by atoms with Crippen molar-refractivity contribution in [3.63, 3.8) is 0 Å². The van der Waals surface area contributed by atoms with Crippen molar-refractivity contribution >= 4 is 28.7 Å². The maximum atomic E-state index is 14.5. The number of nitrogens with zero attached hydrogens (tertiary/aromatic N) is 3. The molecule has 1 aliphatic heterocycles. The number of carboxylic acids is 2. The second-order valence-corrected chi connectivity index (χ2v) is 14.0. The number of amides is 1. The second kappa shape index (κ2) is 19.7. The number of alkyl halides is 3. The summed E-state index contributed by atoms with van der Waals surface area (Å²) in [5.41, 5.74) is 2.65. The zero-order valence-electron chi connectivity index (χ0n) is 31.6. The summed E-state index contributed by atoms with van der Waals surface area (Å²) in [6.45, 7) is 3.35. The highest BCUT2D eigenvalue weighted by Gasteiger charge is 2.30. The summed E-state index contributed by atoms with van der Waals surface area (Å²) in [5, 5.41) is 33.0. The molecular formula is C43H42F5N3O8. The van der Waals surface area contributed by atoms with Crippen molar-refractivity contribution in [2.24, 2.45) is 0 Å². The highest BCUT2D eigenvalue weighted by atomic mass is 19.4. The molecule has 0 spiro atoms. The van der Waals surface area contributed by atoms with Crippen LogP contribution in [0.4, 0.5) is 22.0 Å². The standard InChI is InChI=1S/C39H36F5N3O2.C4H6O6/c40-34-8-5-6-30(38(34)41)16-19-32-24-36(48)33-7-1-2-9-35(33)47(32)26-37(49)46(23-22-45-20-3-4-21-45)25-27-10-12-28(13-11-27)29-14-17-31(18-15-29)39(42,43)44;5-1(3(7)8)2(6)4(9)10/h1-2,5-15,17-18,24H,3-4,16,19-23,25-26H2;1-2,5-6H,(H,7,8)(H,9,10)/t;1-,2-/m.1/s1. The van der Waals surface area contributed by atoms with E-state index < -0.39 is 47.5 Å². The Morgan fingerprint density at radius 2 is 1.36 bits per heavy atom. The first kappa shape index (κ1) is 44.1. The Morgan fingerprint density at radius 3 is 1.95 bits per heavy atom. The molecule has 312 valence electrons. The van der Waals surface area contributed by atoms with E-state index in [1.54, 1.807) is 33.7 Å². The summed E-state index contributed by atoms with van der Waals surface area (Å²) in [7, 11) is 0. The molecule has 5 aromatic rings. The van der Waals surface area contributed by atoms with Crippen LogP contribution in [-0.2, 0) is 46.5 Å². The monoisotopic (exact) mass is 823 g/mol. The number of likely N-dealkylation sites (tertiary alicyclic amines) is 1. The Bertz CT molecular complexity index is 2290. The minimum atomic E-state index is -4.41. The third-order valence-corrected chi connectivity index (χ3v) is 10.00. The predicted molar refractivity (Wildman–Crippen MR) is 207 cm³/mol. The van der Waals surface area contributed by atoms with Gasteiger partial charge in [0.15, 0.2) is 29.3 Å². The number of aromatic nitrogens is 1. The minimum Gasteiger partial charge on any atom is -0.479 e. The molecule has 0 saturated carbocycles. The number of para-hydroxylation sites is 1. The van der Waals surface area contributed by atoms with E-state index in [1.807, 2.05) is 24.3 Å². The maximum absolute atomic E-state index is 14.5. The van der Waals surface area contributed by atoms with Crippen LogP contribution >= 0.6 is 0 Å². The highest BCUT2D eigenvalue weighted by Crippen LogP contribution is 2.31. The van der Waals surface area contributed by atoms with Gasteiger partial charge < -0.3 is 34.8 Å². The van der Waals surface area contributed by atoms with Crippen molar-refractivity contribution in [3.05, 3.63) is 141 Å². The van der Waals surface area contributed by atoms with Crippen LogP contribution < -0.4 is 5.43 Å². The number of halogens is 5. The van der Waals surface area contributed by atoms with E-state index in [2.05, 4.69) is 4.90 Å². The van der Waals surface area contributed by atoms with Crippen molar-refractivity contribution in [1.82, 2.24) is 14.4 Å². The van der Waals surface area contributed by atoms with Crippen LogP contribution in [0.1, 0.15) is 35.2 Å². The van der Waals surface area contributed by atoms with Gasteiger partial charge in [-0.25, -0.2) is 18.4 Å². The maximum Gasteiger partial charge on any atom is 0.416 e. The van der Waals surface area contributed by atoms with E-state index in [-0.39, 0.29) is 36.3 Å². The number of hydrogen-bond donors (Lipinski definition) is 4. The first-order chi connectivity index (χ1) is 28.0. The van der Waals surface area contributed by atoms with Gasteiger partial charge in [-0.1, -0.05) is 60.7 Å². The van der Waals surface area contributed by atoms with Crippen LogP contribution in [0.3, 0.4) is 0 Å². The molecule has 4 aromatic carbocycles. The molecule has 2 heterocycles. The van der Waals surface area contributed by atoms with Crippen LogP contribution in [0.15, 0.2) is 102 Å². The molecule has 16 heteroatoms. The van der Waals surface area contributed by atoms with E-state index in [4.69, 9.17) is 20.4 Å². The molecule has 4 N–H and O–H groups in total. The minimum absolute atomic E-state index is 0.0641. The number of rotatable bonds is 14. The van der Waals surface area contributed by atoms with Crippen LogP contribution in [-0.4, -0.2) is 91.0 Å². The topological polar surface area (TPSA) is 161 Å². The number of hydrogen-bond acceptors (Lipinski definition) is 7. The lowest BCUT2D eigenvalue weighted by Gasteiger charge is -2.27. The zero-order chi connectivity index (χ0) is 42.9. The summed E-state index contributed by atoms with van der Waals surface area (Å²) in [6, 6.07) is 24.9. The molecule has 0 aliphatic carbocycles. The van der Waals surface area contributed by atoms with E-state index in [9.17, 15) is 41.1 Å². The number of aliphatic carboxylic acids is 2. The van der Waals surface area contributed by atoms with Gasteiger partial charge in [-0.3, -0.25) is 9.59 Å². The molecule has 0 radical (unpaired) electrons. The quantitative estimate of drug-likeness (QED) is 0.102. The van der Waals surface area contributed by atoms with Crippen molar-refractivity contribution in [3.8, 4) is 11.1 Å². The van der Waals surface area contributed by atoms with Crippen molar-refractivity contribution in [1.29, 1.82) is 0 Å². The van der Waals surface area contributed by atoms with Gasteiger partial charge in [0.05, 0.1) is 11.1 Å². The molecule has 1 aromatic heterocycles. The third kappa shape index (κ3) is 11.6. The summed E-state index contributed by atoms with van der Waals surface area (Å²) in [6.07, 6.45) is -6.37. The average molecular weight is 824 g/mol. The predicted octanol–water partition coefficient (Wildman–Crippen LogP) is 5.75. The number of carboxylic acid groups (broad SMARTS) is 2. The molecule has 2 atom stereocenters. The Morgan fingerprint density at radius 1 is 0.763 bits per heavy atom. The number of pyridine rings is 1. The van der Waals surface area contributed by atoms with E-state index in [0.29, 0.717) is 41.8 Å². The van der Waals surface area contributed by atoms with Gasteiger partial charge in [-0.05, 0) is 91.4 Å². The Hall–Kier alpha value is -5.97. The van der Waals surface area contributed by atoms with Crippen molar-refractivity contribution < 1.29 is 56.8 Å². The number of carbonyl (C=O) groups excluding carboxylic acids is 1. The van der Waals surface area contributed by atoms with Crippen LogP contribution in [0.5, 0.6) is 0 Å². The van der Waals surface area contributed by atoms with Gasteiger partial charge in [-0.15, -0.1) is 0 Å². The molecule has 0 bridgehead atoms. The van der Waals surface area contributed by atoms with E-state index in [0.717, 1.165) is 55.3 Å². The number of aliphatic hydroxyl groups excluding tert-OH is 2. The Balaban J connectivity index is 0.000000586. The molecule has 1 fully saturated rings. The van der Waals surface area contributed by atoms with Crippen molar-refractivity contribution in [2.75, 3.05) is 26.2 Å². The lowest BCUT2D eigenvalue weighted by molar-refractivity contribution is -0.165. The fraction of sp³-hybridized carbons (Fsp3) is 0.302. The number of fused-ring (bicyclic) bond motifs is 1. The summed E-state index contributed by atoms with van der Waals surface area (Å²) in [5.74, 6) is -5.57. The summed E-state index contributed by atoms with van der Waals surface area (Å²) >= 11 is 0. The second-order valence-electron chi connectivity index (χ2n) is 14.0. The van der Waals surface area contributed by atoms with Crippen LogP contribution in [0.2, 0.25) is 0 Å². The van der Waals surface area contributed by atoms with Gasteiger partial charge >= 0.3 is 18.1 Å². The Kier molecular flexibility index (Phi) is 14.7. The lowest BCUT2D eigenvalue weighted by Crippen LogP contribution is -2.39. The number of aliphatic hydroxyl groups is 2. The SMILES string of the molecule is O=C(Cn1c(CCc2cccc(F)c2F)cc(=O)c2ccccc21)N(CCN1CCCC1)Cc1ccc(-c2ccc(C(F)(F)F)cc2)cc1.O=C(O)[C@H](O)[C@@H](O)C(=O)O. The molecule has 1 saturated heterocycles. The van der Waals surface area contributed by atoms with E-state index >= 15 is 0 Å². The summed E-state index contributed by atoms with van der Waals surface area (Å²) in [4.78, 5) is 50.9. The highest BCUT2D eigenvalue weighted by molar-refractivity contribution is 5.83. The average Bonchev–Trinajstić information content (AvgIpc) is 3.74. The summed E-state index contributed by atoms with van der Waals surface area (Å²) < 4.78 is 69.3. The molecule has 1 aliphatic rings. The zero-order valence-corrected chi connectivity index (χ0v) is 31.6. The first-order valence-corrected chi connectivity index (χ1v) is 18.7. The van der Waals surface area contributed by atoms with Gasteiger partial charge in [0, 0.05) is 36.8 Å². The number of benzene rings is 4. The molecule has 11 nitrogen and oxygen atoms in total. The van der Waals surface area contributed by atoms with Crippen molar-refractivity contribution in [2.45, 2.75) is 57.2 Å². The van der Waals surface area contributed by atoms with Gasteiger partial charge in [0.2, 0.25) is 5.91 Å². The van der Waals surface area contributed by atoms with Gasteiger partial charge in [-0.2, -0.15) is 13.2 Å². The lowest BCUT2D eigenvalue weighted by atomic mass is 10.0. The number of carbonyl (C=O) groups is 3. The first-order valence-electron chi connectivity index (χ1n) is 18.7. The fourth-order valence-electron chi connectivity index (χ4n) is 6.72. The van der Waals surface area contributed by atoms with Gasteiger partial charge in [0.1, 0.15) is 6.54 Å². The molecule has 6 rings (SSSR count). The van der Waals surface area contributed by atoms with E-state index in [1.165, 1.54) is 30.3 Å². The van der Waals surface area contributed by atoms with Gasteiger partial charge in [0.25, 0.3) is 0 Å². The molecule has 59 heavy (non-hydrogen) atoms. The smallest absolute Gasteiger partial charge is 0.416 e. The molecule has 0 unspecified atom stereocenters. The third-order valence-electron chi connectivity index (χ3n) is 10.00. The largest absolute Gasteiger partial charge is 0.479 e.